The molecule has 1 aromatic heterocycles. The first-order chi connectivity index (χ1) is 8.83. The topological polar surface area (TPSA) is 61.3 Å². The summed E-state index contributed by atoms with van der Waals surface area (Å²) < 4.78 is 4.02. The predicted octanol–water partition coefficient (Wildman–Crippen LogP) is 1.56. The van der Waals surface area contributed by atoms with Gasteiger partial charge in [0.2, 0.25) is 0 Å². The van der Waals surface area contributed by atoms with Crippen LogP contribution in [0.3, 0.4) is 0 Å². The number of rotatable bonds is 6. The van der Waals surface area contributed by atoms with Gasteiger partial charge in [0.05, 0.1) is 0 Å². The van der Waals surface area contributed by atoms with Crippen LogP contribution in [0.15, 0.2) is 0 Å². The van der Waals surface area contributed by atoms with E-state index in [-0.39, 0.29) is 0 Å². The highest BCUT2D eigenvalue weighted by Gasteiger charge is 2.21. The van der Waals surface area contributed by atoms with Crippen molar-refractivity contribution in [2.75, 3.05) is 31.6 Å². The highest BCUT2D eigenvalue weighted by atomic mass is 32.1. The molecule has 1 unspecified atom stereocenters. The molecule has 18 heavy (non-hydrogen) atoms. The van der Waals surface area contributed by atoms with Gasteiger partial charge in [-0.05, 0) is 38.6 Å². The largest absolute Gasteiger partial charge is 0.396 e. The van der Waals surface area contributed by atoms with Crippen molar-refractivity contribution in [3.8, 4) is 0 Å². The molecule has 6 heteroatoms. The van der Waals surface area contributed by atoms with E-state index in [4.69, 9.17) is 5.11 Å². The Morgan fingerprint density at radius 3 is 3.22 bits per heavy atom. The lowest BCUT2D eigenvalue weighted by Crippen LogP contribution is -2.35. The van der Waals surface area contributed by atoms with Gasteiger partial charge in [-0.2, -0.15) is 0 Å². The molecule has 0 spiro atoms. The van der Waals surface area contributed by atoms with Crippen molar-refractivity contribution in [1.29, 1.82) is 0 Å². The zero-order valence-electron chi connectivity index (χ0n) is 10.9. The summed E-state index contributed by atoms with van der Waals surface area (Å²) in [7, 11) is 0. The molecular formula is C12H22N4OS. The molecule has 2 heterocycles. The van der Waals surface area contributed by atoms with E-state index in [0.717, 1.165) is 43.3 Å². The third-order valence-corrected chi connectivity index (χ3v) is 4.13. The molecule has 0 amide bonds. The van der Waals surface area contributed by atoms with Crippen LogP contribution in [0.25, 0.3) is 0 Å². The standard InChI is InChI=1S/C12H22N4OS/c1-2-13-12-11(14-15-18-12)9-16-6-3-4-10(8-16)5-7-17/h10,13,17H,2-9H2,1H3. The van der Waals surface area contributed by atoms with Gasteiger partial charge in [0.15, 0.2) is 0 Å². The van der Waals surface area contributed by atoms with E-state index >= 15 is 0 Å². The van der Waals surface area contributed by atoms with Crippen LogP contribution in [-0.2, 0) is 6.54 Å². The number of hydrogen-bond acceptors (Lipinski definition) is 6. The number of nitrogens with zero attached hydrogens (tertiary/aromatic N) is 3. The first-order valence-corrected chi connectivity index (χ1v) is 7.49. The van der Waals surface area contributed by atoms with Crippen molar-refractivity contribution in [1.82, 2.24) is 14.5 Å². The van der Waals surface area contributed by atoms with Gasteiger partial charge in [-0.25, -0.2) is 0 Å². The van der Waals surface area contributed by atoms with Crippen molar-refractivity contribution in [2.24, 2.45) is 5.92 Å². The number of aromatic nitrogens is 2. The monoisotopic (exact) mass is 270 g/mol. The van der Waals surface area contributed by atoms with E-state index < -0.39 is 0 Å². The fraction of sp³-hybridized carbons (Fsp3) is 0.833. The summed E-state index contributed by atoms with van der Waals surface area (Å²) in [6.07, 6.45) is 3.39. The number of anilines is 1. The minimum Gasteiger partial charge on any atom is -0.396 e. The maximum atomic E-state index is 9.03. The number of nitrogens with one attached hydrogen (secondary N) is 1. The summed E-state index contributed by atoms with van der Waals surface area (Å²) >= 11 is 1.43. The SMILES string of the molecule is CCNc1snnc1CN1CCCC(CCO)C1. The van der Waals surface area contributed by atoms with E-state index in [9.17, 15) is 0 Å². The van der Waals surface area contributed by atoms with Crippen molar-refractivity contribution >= 4 is 16.5 Å². The van der Waals surface area contributed by atoms with Crippen LogP contribution in [0.2, 0.25) is 0 Å². The van der Waals surface area contributed by atoms with Crippen LogP contribution in [0.5, 0.6) is 0 Å². The van der Waals surface area contributed by atoms with Crippen LogP contribution < -0.4 is 5.32 Å². The Labute approximate surface area is 112 Å². The van der Waals surface area contributed by atoms with Crippen molar-refractivity contribution in [2.45, 2.75) is 32.7 Å². The third-order valence-electron chi connectivity index (χ3n) is 3.41. The molecule has 0 aliphatic carbocycles. The second-order valence-electron chi connectivity index (χ2n) is 4.83. The fourth-order valence-corrected chi connectivity index (χ4v) is 3.17. The Kier molecular flexibility index (Phi) is 5.34. The van der Waals surface area contributed by atoms with Crippen LogP contribution in [-0.4, -0.2) is 45.8 Å². The van der Waals surface area contributed by atoms with Crippen LogP contribution in [0, 0.1) is 5.92 Å². The van der Waals surface area contributed by atoms with Crippen molar-refractivity contribution in [3.63, 3.8) is 0 Å². The van der Waals surface area contributed by atoms with Crippen LogP contribution in [0.1, 0.15) is 31.9 Å². The average molecular weight is 270 g/mol. The van der Waals surface area contributed by atoms with Gasteiger partial charge >= 0.3 is 0 Å². The predicted molar refractivity (Wildman–Crippen MR) is 73.8 cm³/mol. The first-order valence-electron chi connectivity index (χ1n) is 6.71. The second-order valence-corrected chi connectivity index (χ2v) is 5.59. The molecule has 0 saturated carbocycles. The maximum absolute atomic E-state index is 9.03. The van der Waals surface area contributed by atoms with Gasteiger partial charge in [0, 0.05) is 37.8 Å². The van der Waals surface area contributed by atoms with Gasteiger partial charge in [-0.3, -0.25) is 4.90 Å². The molecule has 5 nitrogen and oxygen atoms in total. The fourth-order valence-electron chi connectivity index (χ4n) is 2.53. The lowest BCUT2D eigenvalue weighted by molar-refractivity contribution is 0.141. The molecule has 1 aliphatic rings. The summed E-state index contributed by atoms with van der Waals surface area (Å²) in [6, 6.07) is 0. The molecule has 102 valence electrons. The molecule has 1 aromatic rings. The minimum absolute atomic E-state index is 0.305. The van der Waals surface area contributed by atoms with Gasteiger partial charge in [0.1, 0.15) is 10.7 Å². The molecule has 1 atom stereocenters. The Hall–Kier alpha value is -0.720. The minimum atomic E-state index is 0.305. The number of likely N-dealkylation sites (tertiary alicyclic amines) is 1. The summed E-state index contributed by atoms with van der Waals surface area (Å²) in [5, 5.41) is 17.6. The molecule has 2 rings (SSSR count). The Morgan fingerprint density at radius 2 is 2.44 bits per heavy atom. The van der Waals surface area contributed by atoms with Gasteiger partial charge in [-0.1, -0.05) is 4.49 Å². The molecule has 1 fully saturated rings. The quantitative estimate of drug-likeness (QED) is 0.821. The van der Waals surface area contributed by atoms with Gasteiger partial charge < -0.3 is 10.4 Å². The normalized spacial score (nSPS) is 21.1. The number of hydrogen-bond donors (Lipinski definition) is 2. The second kappa shape index (κ2) is 7.01. The van der Waals surface area contributed by atoms with Crippen LogP contribution in [0.4, 0.5) is 5.00 Å². The molecule has 0 radical (unpaired) electrons. The lowest BCUT2D eigenvalue weighted by atomic mass is 9.95. The highest BCUT2D eigenvalue weighted by Crippen LogP contribution is 2.24. The summed E-state index contributed by atoms with van der Waals surface area (Å²) in [6.45, 7) is 6.38. The number of piperidine rings is 1. The van der Waals surface area contributed by atoms with Crippen LogP contribution >= 0.6 is 11.5 Å². The van der Waals surface area contributed by atoms with Crippen molar-refractivity contribution in [3.05, 3.63) is 5.69 Å². The van der Waals surface area contributed by atoms with E-state index in [1.165, 1.54) is 24.4 Å². The smallest absolute Gasteiger partial charge is 0.134 e. The molecular weight excluding hydrogens is 248 g/mol. The van der Waals surface area contributed by atoms with Gasteiger partial charge in [-0.15, -0.1) is 5.10 Å². The van der Waals surface area contributed by atoms with E-state index in [1.54, 1.807) is 0 Å². The summed E-state index contributed by atoms with van der Waals surface area (Å²) in [5.74, 6) is 0.637. The van der Waals surface area contributed by atoms with E-state index in [1.807, 2.05) is 0 Å². The number of aliphatic hydroxyl groups is 1. The van der Waals surface area contributed by atoms with E-state index in [2.05, 4.69) is 26.7 Å². The number of aliphatic hydroxyl groups excluding tert-OH is 1. The summed E-state index contributed by atoms with van der Waals surface area (Å²) in [5.41, 5.74) is 1.06. The molecule has 1 aliphatic heterocycles. The zero-order chi connectivity index (χ0) is 12.8. The zero-order valence-corrected chi connectivity index (χ0v) is 11.7. The molecule has 0 aromatic carbocycles. The van der Waals surface area contributed by atoms with Crippen molar-refractivity contribution < 1.29 is 5.11 Å². The third kappa shape index (κ3) is 3.63. The molecule has 2 N–H and O–H groups in total. The summed E-state index contributed by atoms with van der Waals surface area (Å²) in [4.78, 5) is 2.43. The van der Waals surface area contributed by atoms with Gasteiger partial charge in [0.25, 0.3) is 0 Å². The first kappa shape index (κ1) is 13.7. The average Bonchev–Trinajstić information content (AvgIpc) is 2.78. The lowest BCUT2D eigenvalue weighted by Gasteiger charge is -2.32. The maximum Gasteiger partial charge on any atom is 0.134 e. The molecule has 0 bridgehead atoms. The van der Waals surface area contributed by atoms with E-state index in [0.29, 0.717) is 12.5 Å². The Balaban J connectivity index is 1.89. The highest BCUT2D eigenvalue weighted by molar-refractivity contribution is 7.10. The Morgan fingerprint density at radius 1 is 1.56 bits per heavy atom. The Bertz CT molecular complexity index is 356. The molecule has 1 saturated heterocycles.